The van der Waals surface area contributed by atoms with Crippen molar-refractivity contribution in [1.82, 2.24) is 40.2 Å². The summed E-state index contributed by atoms with van der Waals surface area (Å²) in [5.74, 6) is -2.86. The number of hydrogen-bond donors (Lipinski definition) is 3. The molecule has 3 fully saturated rings. The normalized spacial score (nSPS) is 28.9. The molecule has 222 valence electrons. The van der Waals surface area contributed by atoms with E-state index >= 15 is 0 Å². The Bertz CT molecular complexity index is 1250. The number of rotatable bonds is 11. The number of Topliss-reactive ketones (excluding diaryl/α,β-unsaturated/α-hetero) is 1. The Morgan fingerprint density at radius 1 is 1.20 bits per heavy atom. The highest BCUT2D eigenvalue weighted by molar-refractivity contribution is 8.03. The van der Waals surface area contributed by atoms with Crippen LogP contribution in [0.2, 0.25) is 0 Å². The number of aliphatic carboxylic acids is 1. The molecule has 5 rings (SSSR count). The van der Waals surface area contributed by atoms with Crippen LogP contribution < -0.4 is 11.1 Å². The average molecular weight is 590 g/mol. The number of piperazine rings is 1. The SMILES string of the molecule is C[C@@H](CC(=O)Cn1cnnn1)[C@H]1C(=O)N2C(C(=O)O)=C(SC3CNC(C(=O)N4CCN(CC(N)=O)CC4)C3)[C@H](C)[C@H]12. The zero-order valence-corrected chi connectivity index (χ0v) is 23.8. The van der Waals surface area contributed by atoms with Crippen molar-refractivity contribution in [3.05, 3.63) is 16.9 Å². The molecule has 16 heteroatoms. The number of carbonyl (C=O) groups is 5. The number of ketones is 1. The summed E-state index contributed by atoms with van der Waals surface area (Å²) in [4.78, 5) is 68.2. The van der Waals surface area contributed by atoms with Crippen LogP contribution in [0.15, 0.2) is 16.9 Å². The van der Waals surface area contributed by atoms with Crippen LogP contribution in [0.3, 0.4) is 0 Å². The molecule has 6 atom stereocenters. The smallest absolute Gasteiger partial charge is 0.353 e. The number of β-lactam (4-membered cyclic amide) rings is 1. The molecule has 0 radical (unpaired) electrons. The monoisotopic (exact) mass is 589 g/mol. The number of carbonyl (C=O) groups excluding carboxylic acids is 4. The van der Waals surface area contributed by atoms with Crippen molar-refractivity contribution >= 4 is 41.2 Å². The maximum absolute atomic E-state index is 13.2. The van der Waals surface area contributed by atoms with Gasteiger partial charge in [-0.05, 0) is 22.8 Å². The fraction of sp³-hybridized carbons (Fsp3) is 0.680. The minimum atomic E-state index is -1.15. The molecular formula is C25H35N9O6S. The molecule has 0 spiro atoms. The van der Waals surface area contributed by atoms with E-state index in [2.05, 4.69) is 20.8 Å². The van der Waals surface area contributed by atoms with Crippen LogP contribution in [0.4, 0.5) is 0 Å². The zero-order chi connectivity index (χ0) is 29.4. The Balaban J connectivity index is 1.19. The lowest BCUT2D eigenvalue weighted by Crippen LogP contribution is -2.62. The van der Waals surface area contributed by atoms with E-state index in [1.807, 2.05) is 18.7 Å². The van der Waals surface area contributed by atoms with Crippen molar-refractivity contribution in [2.75, 3.05) is 39.3 Å². The summed E-state index contributed by atoms with van der Waals surface area (Å²) in [5, 5.41) is 24.1. The first kappa shape index (κ1) is 29.1. The number of aromatic nitrogens is 4. The maximum Gasteiger partial charge on any atom is 0.353 e. The fourth-order valence-electron chi connectivity index (χ4n) is 6.48. The van der Waals surface area contributed by atoms with E-state index in [0.717, 1.165) is 0 Å². The Morgan fingerprint density at radius 3 is 2.56 bits per heavy atom. The minimum absolute atomic E-state index is 0.00189. The van der Waals surface area contributed by atoms with Crippen molar-refractivity contribution in [3.8, 4) is 0 Å². The highest BCUT2D eigenvalue weighted by Crippen LogP contribution is 2.53. The molecule has 5 heterocycles. The van der Waals surface area contributed by atoms with Crippen LogP contribution in [-0.4, -0.2) is 126 Å². The van der Waals surface area contributed by atoms with Crippen molar-refractivity contribution in [3.63, 3.8) is 0 Å². The summed E-state index contributed by atoms with van der Waals surface area (Å²) in [6, 6.07) is -0.700. The molecule has 3 amide bonds. The van der Waals surface area contributed by atoms with Crippen LogP contribution in [0, 0.1) is 17.8 Å². The summed E-state index contributed by atoms with van der Waals surface area (Å²) < 4.78 is 1.33. The standard InChI is InChI=1S/C25H35N9O6S/c1-13(7-15(35)10-33-12-28-29-30-33)19-20-14(2)22(21(25(39)40)34(20)24(19)38)41-16-8-17(27-9-16)23(37)32-5-3-31(4-6-32)11-18(26)36/h12-14,16-17,19-20,27H,3-11H2,1-2H3,(H2,26,36)(H,39,40)/t13-,14+,16?,17?,19+,20+/m0/s1. The van der Waals surface area contributed by atoms with Gasteiger partial charge in [0.2, 0.25) is 17.7 Å². The molecule has 1 aromatic rings. The third kappa shape index (κ3) is 5.85. The number of tetrazole rings is 1. The highest BCUT2D eigenvalue weighted by atomic mass is 32.2. The molecule has 4 aliphatic rings. The van der Waals surface area contributed by atoms with Gasteiger partial charge < -0.3 is 26.0 Å². The number of primary amides is 1. The van der Waals surface area contributed by atoms with E-state index in [-0.39, 0.29) is 77.9 Å². The number of thioether (sulfide) groups is 1. The fourth-order valence-corrected chi connectivity index (χ4v) is 7.96. The molecule has 4 N–H and O–H groups in total. The van der Waals surface area contributed by atoms with Gasteiger partial charge in [0.15, 0.2) is 5.78 Å². The number of nitrogens with zero attached hydrogens (tertiary/aromatic N) is 7. The second-order valence-corrected chi connectivity index (χ2v) is 12.6. The van der Waals surface area contributed by atoms with Gasteiger partial charge in [-0.1, -0.05) is 13.8 Å². The van der Waals surface area contributed by atoms with Gasteiger partial charge in [-0.2, -0.15) is 0 Å². The van der Waals surface area contributed by atoms with E-state index in [9.17, 15) is 29.1 Å². The number of fused-ring (bicyclic) bond motifs is 1. The first-order chi connectivity index (χ1) is 19.5. The molecule has 15 nitrogen and oxygen atoms in total. The highest BCUT2D eigenvalue weighted by Gasteiger charge is 2.60. The lowest BCUT2D eigenvalue weighted by Gasteiger charge is -2.47. The van der Waals surface area contributed by atoms with E-state index in [0.29, 0.717) is 44.0 Å². The van der Waals surface area contributed by atoms with Gasteiger partial charge in [-0.25, -0.2) is 9.48 Å². The number of nitrogens with one attached hydrogen (secondary N) is 1. The molecule has 2 unspecified atom stereocenters. The Kier molecular flexibility index (Phi) is 8.42. The number of carboxylic acid groups (broad SMARTS) is 1. The predicted molar refractivity (Wildman–Crippen MR) is 145 cm³/mol. The molecular weight excluding hydrogens is 554 g/mol. The van der Waals surface area contributed by atoms with Gasteiger partial charge in [-0.15, -0.1) is 16.9 Å². The second kappa shape index (κ2) is 11.9. The van der Waals surface area contributed by atoms with Crippen LogP contribution in [0.1, 0.15) is 26.7 Å². The topological polar surface area (TPSA) is 197 Å². The molecule has 0 saturated carbocycles. The van der Waals surface area contributed by atoms with Gasteiger partial charge in [0.05, 0.1) is 24.5 Å². The van der Waals surface area contributed by atoms with Crippen molar-refractivity contribution in [1.29, 1.82) is 0 Å². The van der Waals surface area contributed by atoms with Crippen molar-refractivity contribution < 1.29 is 29.1 Å². The van der Waals surface area contributed by atoms with Gasteiger partial charge in [0, 0.05) is 55.2 Å². The summed E-state index contributed by atoms with van der Waals surface area (Å²) >= 11 is 1.43. The predicted octanol–water partition coefficient (Wildman–Crippen LogP) is -1.87. The number of carboxylic acids is 1. The van der Waals surface area contributed by atoms with Gasteiger partial charge in [0.25, 0.3) is 0 Å². The molecule has 3 saturated heterocycles. The van der Waals surface area contributed by atoms with Gasteiger partial charge in [-0.3, -0.25) is 24.1 Å². The van der Waals surface area contributed by atoms with Crippen LogP contribution >= 0.6 is 11.8 Å². The van der Waals surface area contributed by atoms with Crippen LogP contribution in [0.5, 0.6) is 0 Å². The molecule has 0 aromatic carbocycles. The number of nitrogens with two attached hydrogens (primary N) is 1. The Labute approximate surface area is 240 Å². The maximum atomic E-state index is 13.2. The Hall–Kier alpha value is -3.37. The lowest BCUT2D eigenvalue weighted by atomic mass is 9.73. The molecule has 1 aromatic heterocycles. The van der Waals surface area contributed by atoms with E-state index < -0.39 is 11.9 Å². The quantitative estimate of drug-likeness (QED) is 0.244. The average Bonchev–Trinajstić information content (AvgIpc) is 3.64. The third-order valence-electron chi connectivity index (χ3n) is 8.43. The number of hydrogen-bond acceptors (Lipinski definition) is 11. The lowest BCUT2D eigenvalue weighted by molar-refractivity contribution is -0.160. The van der Waals surface area contributed by atoms with Gasteiger partial charge in [0.1, 0.15) is 18.6 Å². The Morgan fingerprint density at radius 2 is 1.93 bits per heavy atom. The summed E-state index contributed by atoms with van der Waals surface area (Å²) in [5.41, 5.74) is 5.29. The molecule has 0 aliphatic carbocycles. The summed E-state index contributed by atoms with van der Waals surface area (Å²) in [6.07, 6.45) is 2.05. The first-order valence-corrected chi connectivity index (χ1v) is 14.7. The van der Waals surface area contributed by atoms with Gasteiger partial charge >= 0.3 is 5.97 Å². The van der Waals surface area contributed by atoms with Crippen molar-refractivity contribution in [2.24, 2.45) is 23.5 Å². The number of amides is 3. The van der Waals surface area contributed by atoms with E-state index in [1.54, 1.807) is 4.90 Å². The molecule has 0 bridgehead atoms. The van der Waals surface area contributed by atoms with Crippen LogP contribution in [0.25, 0.3) is 0 Å². The van der Waals surface area contributed by atoms with Crippen molar-refractivity contribution in [2.45, 2.75) is 50.6 Å². The first-order valence-electron chi connectivity index (χ1n) is 13.8. The summed E-state index contributed by atoms with van der Waals surface area (Å²) in [6.45, 7) is 6.71. The largest absolute Gasteiger partial charge is 0.477 e. The molecule has 4 aliphatic heterocycles. The second-order valence-electron chi connectivity index (χ2n) is 11.3. The minimum Gasteiger partial charge on any atom is -0.477 e. The summed E-state index contributed by atoms with van der Waals surface area (Å²) in [7, 11) is 0. The third-order valence-corrected chi connectivity index (χ3v) is 9.94. The molecule has 41 heavy (non-hydrogen) atoms. The van der Waals surface area contributed by atoms with E-state index in [4.69, 9.17) is 5.73 Å². The van der Waals surface area contributed by atoms with Crippen LogP contribution in [-0.2, 0) is 30.5 Å². The van der Waals surface area contributed by atoms with E-state index in [1.165, 1.54) is 27.7 Å². The zero-order valence-electron chi connectivity index (χ0n) is 23.0.